The largest absolute Gasteiger partial charge is 0.337 e. The van der Waals surface area contributed by atoms with E-state index < -0.39 is 0 Å². The van der Waals surface area contributed by atoms with Gasteiger partial charge in [0.05, 0.1) is 5.92 Å². The second-order valence-electron chi connectivity index (χ2n) is 7.39. The van der Waals surface area contributed by atoms with Gasteiger partial charge in [-0.2, -0.15) is 0 Å². The zero-order valence-electron chi connectivity index (χ0n) is 14.2. The molecule has 25 heavy (non-hydrogen) atoms. The van der Waals surface area contributed by atoms with Crippen LogP contribution in [0.5, 0.6) is 0 Å². The topological polar surface area (TPSA) is 78.5 Å². The molecule has 2 bridgehead atoms. The summed E-state index contributed by atoms with van der Waals surface area (Å²) < 4.78 is 0. The minimum absolute atomic E-state index is 0.0784. The van der Waals surface area contributed by atoms with E-state index in [1.807, 2.05) is 29.2 Å². The first-order valence-electron chi connectivity index (χ1n) is 9.06. The molecule has 3 heterocycles. The molecule has 3 amide bonds. The number of carbonyl (C=O) groups excluding carboxylic acids is 3. The molecule has 3 saturated heterocycles. The van der Waals surface area contributed by atoms with Crippen LogP contribution in [0.15, 0.2) is 24.3 Å². The van der Waals surface area contributed by atoms with Crippen LogP contribution in [-0.4, -0.2) is 47.8 Å². The van der Waals surface area contributed by atoms with Crippen molar-refractivity contribution in [2.24, 2.45) is 5.92 Å². The van der Waals surface area contributed by atoms with Crippen LogP contribution in [-0.2, 0) is 16.0 Å². The van der Waals surface area contributed by atoms with Gasteiger partial charge >= 0.3 is 0 Å². The number of nitrogens with one attached hydrogen (secondary N) is 2. The lowest BCUT2D eigenvalue weighted by molar-refractivity contribution is -0.125. The van der Waals surface area contributed by atoms with Crippen LogP contribution in [0, 0.1) is 5.92 Å². The van der Waals surface area contributed by atoms with Crippen LogP contribution in [0.1, 0.15) is 41.6 Å². The third-order valence-electron chi connectivity index (χ3n) is 5.56. The maximum absolute atomic E-state index is 12.8. The van der Waals surface area contributed by atoms with Gasteiger partial charge in [-0.25, -0.2) is 0 Å². The van der Waals surface area contributed by atoms with Crippen LogP contribution < -0.4 is 10.6 Å². The second-order valence-corrected chi connectivity index (χ2v) is 7.39. The summed E-state index contributed by atoms with van der Waals surface area (Å²) in [6.07, 6.45) is 4.17. The summed E-state index contributed by atoms with van der Waals surface area (Å²) in [6.45, 7) is 1.58. The molecule has 2 N–H and O–H groups in total. The first-order valence-corrected chi connectivity index (χ1v) is 9.06. The van der Waals surface area contributed by atoms with Gasteiger partial charge < -0.3 is 10.2 Å². The molecule has 0 saturated carbocycles. The van der Waals surface area contributed by atoms with E-state index in [4.69, 9.17) is 0 Å². The van der Waals surface area contributed by atoms with E-state index >= 15 is 0 Å². The number of likely N-dealkylation sites (tertiary alicyclic amines) is 1. The van der Waals surface area contributed by atoms with Crippen LogP contribution in [0.4, 0.5) is 0 Å². The molecule has 0 spiro atoms. The average Bonchev–Trinajstić information content (AvgIpc) is 3.08. The summed E-state index contributed by atoms with van der Waals surface area (Å²) in [5.74, 6) is -0.612. The SMILES string of the molecule is O=C1CC(Cc2ccc(C(=O)N3CCC4CCC(C3)N4)cc2)C(=O)N1. The number of benzene rings is 1. The standard InChI is InChI=1S/C19H23N3O3/c23-17-10-14(18(24)21-17)9-12-1-3-13(4-2-12)19(25)22-8-7-15-5-6-16(11-22)20-15/h1-4,14-16,20H,5-11H2,(H,21,23,24). The maximum Gasteiger partial charge on any atom is 0.253 e. The molecule has 1 aromatic rings. The summed E-state index contributed by atoms with van der Waals surface area (Å²) in [5.41, 5.74) is 1.66. The zero-order valence-corrected chi connectivity index (χ0v) is 14.2. The van der Waals surface area contributed by atoms with Gasteiger partial charge in [0, 0.05) is 37.2 Å². The molecule has 3 aliphatic heterocycles. The highest BCUT2D eigenvalue weighted by Crippen LogP contribution is 2.22. The molecule has 3 unspecified atom stereocenters. The molecular formula is C19H23N3O3. The number of amides is 3. The third kappa shape index (κ3) is 3.44. The lowest BCUT2D eigenvalue weighted by Crippen LogP contribution is -2.39. The van der Waals surface area contributed by atoms with Crippen molar-refractivity contribution in [3.05, 3.63) is 35.4 Å². The number of hydrogen-bond acceptors (Lipinski definition) is 4. The van der Waals surface area contributed by atoms with Crippen molar-refractivity contribution in [3.63, 3.8) is 0 Å². The lowest BCUT2D eigenvalue weighted by Gasteiger charge is -2.24. The Kier molecular flexibility index (Phi) is 4.29. The van der Waals surface area contributed by atoms with Crippen molar-refractivity contribution >= 4 is 17.7 Å². The number of imide groups is 1. The van der Waals surface area contributed by atoms with E-state index in [0.717, 1.165) is 31.5 Å². The van der Waals surface area contributed by atoms with Gasteiger partial charge in [0.25, 0.3) is 5.91 Å². The Bertz CT molecular complexity index is 700. The van der Waals surface area contributed by atoms with E-state index in [2.05, 4.69) is 10.6 Å². The Balaban J connectivity index is 1.40. The molecule has 0 aliphatic carbocycles. The second kappa shape index (κ2) is 6.59. The summed E-state index contributed by atoms with van der Waals surface area (Å²) in [5, 5.41) is 5.92. The van der Waals surface area contributed by atoms with Gasteiger partial charge in [-0.05, 0) is 43.4 Å². The van der Waals surface area contributed by atoms with Gasteiger partial charge in [0.2, 0.25) is 11.8 Å². The van der Waals surface area contributed by atoms with Crippen LogP contribution in [0.3, 0.4) is 0 Å². The normalized spacial score (nSPS) is 28.8. The molecular weight excluding hydrogens is 318 g/mol. The van der Waals surface area contributed by atoms with Crippen molar-refractivity contribution in [2.45, 2.75) is 44.2 Å². The van der Waals surface area contributed by atoms with Gasteiger partial charge in [0.15, 0.2) is 0 Å². The smallest absolute Gasteiger partial charge is 0.253 e. The third-order valence-corrected chi connectivity index (χ3v) is 5.56. The van der Waals surface area contributed by atoms with Crippen LogP contribution >= 0.6 is 0 Å². The predicted molar refractivity (Wildman–Crippen MR) is 91.9 cm³/mol. The average molecular weight is 341 g/mol. The zero-order chi connectivity index (χ0) is 17.4. The van der Waals surface area contributed by atoms with Crippen LogP contribution in [0.2, 0.25) is 0 Å². The summed E-state index contributed by atoms with van der Waals surface area (Å²) in [7, 11) is 0. The van der Waals surface area contributed by atoms with E-state index in [1.54, 1.807) is 0 Å². The quantitative estimate of drug-likeness (QED) is 0.800. The fourth-order valence-corrected chi connectivity index (χ4v) is 4.15. The molecule has 0 aromatic heterocycles. The number of rotatable bonds is 3. The van der Waals surface area contributed by atoms with Gasteiger partial charge in [-0.1, -0.05) is 12.1 Å². The molecule has 3 aliphatic rings. The fraction of sp³-hybridized carbons (Fsp3) is 0.526. The maximum atomic E-state index is 12.8. The first kappa shape index (κ1) is 16.3. The fourth-order valence-electron chi connectivity index (χ4n) is 4.15. The number of carbonyl (C=O) groups is 3. The monoisotopic (exact) mass is 341 g/mol. The summed E-state index contributed by atoms with van der Waals surface area (Å²) in [6, 6.07) is 8.45. The Hall–Kier alpha value is -2.21. The Morgan fingerprint density at radius 1 is 1.08 bits per heavy atom. The molecule has 6 heteroatoms. The first-order chi connectivity index (χ1) is 12.1. The molecule has 6 nitrogen and oxygen atoms in total. The summed E-state index contributed by atoms with van der Waals surface area (Å²) in [4.78, 5) is 37.7. The van der Waals surface area contributed by atoms with Gasteiger partial charge in [0.1, 0.15) is 0 Å². The molecule has 3 atom stereocenters. The van der Waals surface area contributed by atoms with E-state index in [9.17, 15) is 14.4 Å². The Morgan fingerprint density at radius 3 is 2.56 bits per heavy atom. The summed E-state index contributed by atoms with van der Waals surface area (Å²) >= 11 is 0. The molecule has 3 fully saturated rings. The molecule has 132 valence electrons. The van der Waals surface area contributed by atoms with Crippen molar-refractivity contribution in [2.75, 3.05) is 13.1 Å². The Labute approximate surface area is 147 Å². The van der Waals surface area contributed by atoms with Crippen molar-refractivity contribution in [1.29, 1.82) is 0 Å². The highest BCUT2D eigenvalue weighted by molar-refractivity contribution is 6.03. The molecule has 4 rings (SSSR count). The van der Waals surface area contributed by atoms with Crippen LogP contribution in [0.25, 0.3) is 0 Å². The van der Waals surface area contributed by atoms with E-state index in [0.29, 0.717) is 24.1 Å². The van der Waals surface area contributed by atoms with Gasteiger partial charge in [-0.15, -0.1) is 0 Å². The number of hydrogen-bond donors (Lipinski definition) is 2. The van der Waals surface area contributed by atoms with E-state index in [-0.39, 0.29) is 30.1 Å². The molecule has 1 aromatic carbocycles. The van der Waals surface area contributed by atoms with Gasteiger partial charge in [-0.3, -0.25) is 19.7 Å². The minimum Gasteiger partial charge on any atom is -0.337 e. The molecule has 0 radical (unpaired) electrons. The predicted octanol–water partition coefficient (Wildman–Crippen LogP) is 0.858. The minimum atomic E-state index is -0.290. The Morgan fingerprint density at radius 2 is 1.84 bits per heavy atom. The van der Waals surface area contributed by atoms with E-state index in [1.165, 1.54) is 6.42 Å². The number of nitrogens with zero attached hydrogens (tertiary/aromatic N) is 1. The highest BCUT2D eigenvalue weighted by atomic mass is 16.2. The highest BCUT2D eigenvalue weighted by Gasteiger charge is 2.32. The lowest BCUT2D eigenvalue weighted by atomic mass is 9.97. The van der Waals surface area contributed by atoms with Crippen molar-refractivity contribution in [3.8, 4) is 0 Å². The van der Waals surface area contributed by atoms with Crippen molar-refractivity contribution < 1.29 is 14.4 Å². The number of fused-ring (bicyclic) bond motifs is 2. The van der Waals surface area contributed by atoms with Crippen molar-refractivity contribution in [1.82, 2.24) is 15.5 Å².